The fourth-order valence-electron chi connectivity index (χ4n) is 0.0333. The first kappa shape index (κ1) is 23.3. The molecule has 0 aromatic carbocycles. The molecule has 60 valence electrons. The van der Waals surface area contributed by atoms with Crippen LogP contribution in [0.25, 0.3) is 0 Å². The average Bonchev–Trinajstić information content (AvgIpc) is 1.63. The van der Waals surface area contributed by atoms with Gasteiger partial charge in [-0.15, -0.1) is 5.11 Å². The van der Waals surface area contributed by atoms with Crippen LogP contribution in [0.3, 0.4) is 0 Å². The summed E-state index contributed by atoms with van der Waals surface area (Å²) in [6.07, 6.45) is 0.944. The van der Waals surface area contributed by atoms with E-state index in [1.54, 1.807) is 0 Å². The minimum absolute atomic E-state index is 0. The molecule has 0 bridgehead atoms. The van der Waals surface area contributed by atoms with Gasteiger partial charge >= 0.3 is 90.9 Å². The number of nitrogens with zero attached hydrogens (tertiary/aromatic N) is 2. The Balaban J connectivity index is -0.0000000457. The van der Waals surface area contributed by atoms with E-state index in [-0.39, 0.29) is 59.1 Å². The third-order valence-electron chi connectivity index (χ3n) is 0.124. The van der Waals surface area contributed by atoms with Gasteiger partial charge in [-0.25, -0.2) is 5.53 Å². The molecule has 0 spiro atoms. The van der Waals surface area contributed by atoms with Crippen LogP contribution in [-0.2, 0) is 3.74 Å². The van der Waals surface area contributed by atoms with Crippen molar-refractivity contribution in [3.8, 4) is 0 Å². The predicted octanol–water partition coefficient (Wildman–Crippen LogP) is -8.37. The zero-order valence-electron chi connectivity index (χ0n) is 7.22. The molecule has 0 saturated carbocycles. The normalized spacial score (nSPS) is 8.58. The van der Waals surface area contributed by atoms with Crippen LogP contribution < -0.4 is 73.1 Å². The predicted molar refractivity (Wildman–Crippen MR) is 30.1 cm³/mol. The Bertz CT molecular complexity index is 150. The fraction of sp³-hybridized carbons (Fsp3) is 0.500. The molecule has 0 aliphatic carbocycles. The van der Waals surface area contributed by atoms with Crippen LogP contribution in [0.1, 0.15) is 0 Å². The van der Waals surface area contributed by atoms with E-state index >= 15 is 0 Å². The van der Waals surface area contributed by atoms with Gasteiger partial charge in [0.05, 0.1) is 0 Å². The smallest absolute Gasteiger partial charge is 0.322 e. The molecule has 7 nitrogen and oxygen atoms in total. The Kier molecular flexibility index (Phi) is 28.8. The molecule has 0 fully saturated rings. The summed E-state index contributed by atoms with van der Waals surface area (Å²) in [4.78, 5) is 0. The molecule has 0 heterocycles. The van der Waals surface area contributed by atoms with Crippen LogP contribution >= 0.6 is 0 Å². The molecule has 0 unspecified atom stereocenters. The largest absolute Gasteiger partial charge is 1.00 e. The van der Waals surface area contributed by atoms with Gasteiger partial charge < -0.3 is 5.84 Å². The van der Waals surface area contributed by atoms with Gasteiger partial charge in [0.25, 0.3) is 0 Å². The maximum absolute atomic E-state index is 9.16. The van der Waals surface area contributed by atoms with Gasteiger partial charge in [-0.3, -0.25) is 0 Å². The molecule has 10 heteroatoms. The van der Waals surface area contributed by atoms with E-state index in [1.165, 1.54) is 0 Å². The summed E-state index contributed by atoms with van der Waals surface area (Å²) in [6.45, 7) is 0. The number of nitrogens with one attached hydrogen (secondary N) is 1. The Morgan fingerprint density at radius 3 is 1.75 bits per heavy atom. The second-order valence-electron chi connectivity index (χ2n) is 1.16. The van der Waals surface area contributed by atoms with E-state index in [0.717, 1.165) is 6.34 Å². The molecule has 0 aliphatic heterocycles. The number of hydrazone groups is 1. The summed E-state index contributed by atoms with van der Waals surface area (Å²) in [7, 11) is 0. The Morgan fingerprint density at radius 1 is 1.50 bits per heavy atom. The molecule has 0 atom stereocenters. The van der Waals surface area contributed by atoms with Gasteiger partial charge in [-0.05, 0) is 0 Å². The zero-order valence-corrected chi connectivity index (χ0v) is 13.1. The molecule has 0 aromatic heterocycles. The number of nitrogens with two attached hydrogens (primary N) is 1. The van der Waals surface area contributed by atoms with E-state index in [0.29, 0.717) is 5.71 Å². The first-order valence-corrected chi connectivity index (χ1v) is 6.17. The van der Waals surface area contributed by atoms with Crippen molar-refractivity contribution in [1.82, 2.24) is 0 Å². The van der Waals surface area contributed by atoms with E-state index in [2.05, 4.69) is 16.1 Å². The van der Waals surface area contributed by atoms with Crippen molar-refractivity contribution < 1.29 is 71.0 Å². The van der Waals surface area contributed by atoms with Gasteiger partial charge in [-0.1, -0.05) is 0 Å². The maximum atomic E-state index is 9.16. The number of hydrogen-bond acceptors (Lipinski definition) is 6. The molecular weight excluding hydrogens is 249 g/mol. The van der Waals surface area contributed by atoms with E-state index in [1.807, 2.05) is 0 Å². The van der Waals surface area contributed by atoms with Crippen LogP contribution in [0.15, 0.2) is 10.2 Å². The van der Waals surface area contributed by atoms with Crippen LogP contribution in [0.4, 0.5) is 0 Å². The van der Waals surface area contributed by atoms with Gasteiger partial charge in [-0.2, -0.15) is 5.10 Å². The minimum Gasteiger partial charge on any atom is -0.322 e. The Morgan fingerprint density at radius 2 is 1.75 bits per heavy atom. The van der Waals surface area contributed by atoms with Crippen molar-refractivity contribution in [2.75, 3.05) is 0 Å². The average molecular weight is 256 g/mol. The molecule has 0 rings (SSSR count). The summed E-state index contributed by atoms with van der Waals surface area (Å²) in [5.74, 6) is 4.49. The Hall–Kier alpha value is 1.35. The maximum Gasteiger partial charge on any atom is 1.00 e. The standard InChI is InChI=1S/CH5AsO3.CH4N4.2Na/c1-2(3,4)5;2-4-1-5-3;;/h1H3,(H2,3,4,5);1-2H,3H2;;/q;;2*+1/p-2. The summed E-state index contributed by atoms with van der Waals surface area (Å²) in [5.41, 5.74) is 6.69. The SMILES string of the molecule is C[As](=O)([O-])[O-].N=NC=NN.[Na+].[Na+]. The molecule has 0 aromatic rings. The van der Waals surface area contributed by atoms with Crippen molar-refractivity contribution in [2.45, 2.75) is 5.71 Å². The van der Waals surface area contributed by atoms with Gasteiger partial charge in [0.15, 0.2) is 6.34 Å². The van der Waals surface area contributed by atoms with Crippen LogP contribution in [-0.4, -0.2) is 20.5 Å². The molecule has 0 saturated heterocycles. The van der Waals surface area contributed by atoms with Gasteiger partial charge in [0, 0.05) is 0 Å². The molecule has 0 aliphatic rings. The van der Waals surface area contributed by atoms with E-state index < -0.39 is 14.2 Å². The fourth-order valence-corrected chi connectivity index (χ4v) is 0.0333. The van der Waals surface area contributed by atoms with Crippen molar-refractivity contribution in [2.24, 2.45) is 16.1 Å². The molecular formula is C2H7AsN4Na2O3. The van der Waals surface area contributed by atoms with Crippen molar-refractivity contribution >= 4 is 20.5 Å². The second-order valence-corrected chi connectivity index (χ2v) is 4.40. The summed E-state index contributed by atoms with van der Waals surface area (Å²) in [5, 5.41) is 5.56. The Labute approximate surface area is 117 Å². The van der Waals surface area contributed by atoms with E-state index in [9.17, 15) is 0 Å². The quantitative estimate of drug-likeness (QED) is 0.120. The topological polar surface area (TPSA) is 138 Å². The van der Waals surface area contributed by atoms with Crippen molar-refractivity contribution in [3.63, 3.8) is 0 Å². The summed E-state index contributed by atoms with van der Waals surface area (Å²) < 4.78 is 27.5. The molecule has 0 radical (unpaired) electrons. The number of hydrogen-bond donors (Lipinski definition) is 2. The van der Waals surface area contributed by atoms with Crippen molar-refractivity contribution in [3.05, 3.63) is 0 Å². The summed E-state index contributed by atoms with van der Waals surface area (Å²) >= 11 is -4.62. The molecule has 12 heavy (non-hydrogen) atoms. The number of rotatable bonds is 1. The van der Waals surface area contributed by atoms with Gasteiger partial charge in [0.2, 0.25) is 0 Å². The first-order valence-electron chi connectivity index (χ1n) is 1.99. The first-order chi connectivity index (χ1) is 4.41. The second kappa shape index (κ2) is 14.9. The van der Waals surface area contributed by atoms with Crippen LogP contribution in [0.2, 0.25) is 5.71 Å². The third kappa shape index (κ3) is 108. The molecule has 3 N–H and O–H groups in total. The van der Waals surface area contributed by atoms with Crippen molar-refractivity contribution in [1.29, 1.82) is 5.53 Å². The minimum atomic E-state index is -4.62. The van der Waals surface area contributed by atoms with Gasteiger partial charge in [0.1, 0.15) is 0 Å². The molecule has 0 amide bonds. The van der Waals surface area contributed by atoms with E-state index in [4.69, 9.17) is 17.5 Å². The van der Waals surface area contributed by atoms with Crippen LogP contribution in [0.5, 0.6) is 0 Å². The zero-order chi connectivity index (χ0) is 8.62. The van der Waals surface area contributed by atoms with Crippen LogP contribution in [0, 0.1) is 5.53 Å². The summed E-state index contributed by atoms with van der Waals surface area (Å²) in [6, 6.07) is 0. The monoisotopic (exact) mass is 256 g/mol. The third-order valence-corrected chi connectivity index (χ3v) is 0.124.